The van der Waals surface area contributed by atoms with Crippen LogP contribution in [0.5, 0.6) is 5.75 Å². The van der Waals surface area contributed by atoms with E-state index in [-0.39, 0.29) is 11.5 Å². The van der Waals surface area contributed by atoms with Crippen LogP contribution in [-0.2, 0) is 6.54 Å². The second kappa shape index (κ2) is 10.9. The van der Waals surface area contributed by atoms with E-state index in [9.17, 15) is 10.1 Å². The molecular formula is C33H26ClN3O3. The van der Waals surface area contributed by atoms with Crippen molar-refractivity contribution in [2.75, 3.05) is 6.61 Å². The number of carboxylic acids is 1. The molecule has 0 saturated heterocycles. The van der Waals surface area contributed by atoms with Gasteiger partial charge in [-0.3, -0.25) is 0 Å². The van der Waals surface area contributed by atoms with Gasteiger partial charge in [0.25, 0.3) is 0 Å². The summed E-state index contributed by atoms with van der Waals surface area (Å²) in [6, 6.07) is 30.7. The SMILES string of the molecule is N#Cc1ccc(C(c2ccc(Cl)cc2)c2ccc3nc(C4CC4)n(CCOc4ccc(C(=O)O)cc4)c3c2)cc1. The molecule has 1 heterocycles. The van der Waals surface area contributed by atoms with Crippen LogP contribution in [0.25, 0.3) is 11.0 Å². The van der Waals surface area contributed by atoms with Gasteiger partial charge >= 0.3 is 5.97 Å². The summed E-state index contributed by atoms with van der Waals surface area (Å²) in [4.78, 5) is 16.1. The molecule has 0 amide bonds. The van der Waals surface area contributed by atoms with E-state index in [2.05, 4.69) is 28.8 Å². The summed E-state index contributed by atoms with van der Waals surface area (Å²) in [5.74, 6) is 1.16. The number of imidazole rings is 1. The molecule has 1 saturated carbocycles. The van der Waals surface area contributed by atoms with Crippen LogP contribution in [-0.4, -0.2) is 27.2 Å². The van der Waals surface area contributed by atoms with Crippen molar-refractivity contribution in [1.29, 1.82) is 5.26 Å². The molecule has 1 atom stereocenters. The highest BCUT2D eigenvalue weighted by Gasteiger charge is 2.30. The van der Waals surface area contributed by atoms with Gasteiger partial charge in [-0.05, 0) is 90.2 Å². The Morgan fingerprint density at radius 3 is 2.25 bits per heavy atom. The summed E-state index contributed by atoms with van der Waals surface area (Å²) in [6.45, 7) is 1.05. The van der Waals surface area contributed by atoms with E-state index in [1.807, 2.05) is 48.5 Å². The fourth-order valence-electron chi connectivity index (χ4n) is 5.16. The minimum atomic E-state index is -0.959. The number of nitrogens with zero attached hydrogens (tertiary/aromatic N) is 3. The molecule has 6 nitrogen and oxygen atoms in total. The maximum atomic E-state index is 11.1. The molecule has 40 heavy (non-hydrogen) atoms. The van der Waals surface area contributed by atoms with Crippen LogP contribution in [0, 0.1) is 11.3 Å². The number of nitriles is 1. The predicted octanol–water partition coefficient (Wildman–Crippen LogP) is 7.40. The quantitative estimate of drug-likeness (QED) is 0.194. The van der Waals surface area contributed by atoms with Crippen LogP contribution in [0.4, 0.5) is 0 Å². The molecule has 0 radical (unpaired) electrons. The first-order valence-electron chi connectivity index (χ1n) is 13.2. The third-order valence-corrected chi connectivity index (χ3v) is 7.59. The zero-order valence-corrected chi connectivity index (χ0v) is 22.4. The first kappa shape index (κ1) is 25.7. The van der Waals surface area contributed by atoms with Gasteiger partial charge in [0.05, 0.1) is 34.8 Å². The number of aromatic nitrogens is 2. The van der Waals surface area contributed by atoms with Crippen molar-refractivity contribution < 1.29 is 14.6 Å². The number of fused-ring (bicyclic) bond motifs is 1. The van der Waals surface area contributed by atoms with Crippen molar-refractivity contribution >= 4 is 28.6 Å². The predicted molar refractivity (Wildman–Crippen MR) is 154 cm³/mol. The fraction of sp³-hybridized carbons (Fsp3) is 0.182. The number of halogens is 1. The lowest BCUT2D eigenvalue weighted by Crippen LogP contribution is -2.11. The van der Waals surface area contributed by atoms with Gasteiger partial charge in [-0.25, -0.2) is 9.78 Å². The molecule has 7 heteroatoms. The first-order chi connectivity index (χ1) is 19.5. The molecule has 5 aromatic rings. The van der Waals surface area contributed by atoms with Crippen molar-refractivity contribution in [2.24, 2.45) is 0 Å². The molecule has 1 unspecified atom stereocenters. The Hall–Kier alpha value is -4.60. The average molecular weight is 548 g/mol. The molecule has 1 aromatic heterocycles. The summed E-state index contributed by atoms with van der Waals surface area (Å²) in [5.41, 5.74) is 6.17. The molecule has 198 valence electrons. The lowest BCUT2D eigenvalue weighted by Gasteiger charge is -2.20. The standard InChI is InChI=1S/C33H26ClN3O3/c34-27-12-7-23(8-13-27)31(22-3-1-21(20-35)2-4-22)26-11-16-29-30(19-26)37(32(36-29)24-5-6-24)17-18-40-28-14-9-25(10-15-28)33(38)39/h1-4,7-16,19,24,31H,5-6,17-18H2,(H,38,39). The normalized spacial score (nSPS) is 13.6. The Kier molecular flexibility index (Phi) is 6.98. The highest BCUT2D eigenvalue weighted by Crippen LogP contribution is 2.41. The number of ether oxygens (including phenoxy) is 1. The molecule has 0 spiro atoms. The van der Waals surface area contributed by atoms with Crippen LogP contribution < -0.4 is 4.74 Å². The van der Waals surface area contributed by atoms with E-state index in [1.165, 1.54) is 0 Å². The summed E-state index contributed by atoms with van der Waals surface area (Å²) < 4.78 is 8.25. The lowest BCUT2D eigenvalue weighted by molar-refractivity contribution is 0.0697. The second-order valence-corrected chi connectivity index (χ2v) is 10.5. The molecule has 0 bridgehead atoms. The summed E-state index contributed by atoms with van der Waals surface area (Å²) in [6.07, 6.45) is 2.26. The summed E-state index contributed by atoms with van der Waals surface area (Å²) >= 11 is 6.21. The van der Waals surface area contributed by atoms with E-state index in [0.717, 1.165) is 46.4 Å². The van der Waals surface area contributed by atoms with E-state index >= 15 is 0 Å². The van der Waals surface area contributed by atoms with Crippen LogP contribution in [0.1, 0.15) is 63.1 Å². The van der Waals surface area contributed by atoms with Crippen LogP contribution >= 0.6 is 11.6 Å². The van der Waals surface area contributed by atoms with Crippen molar-refractivity contribution in [2.45, 2.75) is 31.2 Å². The van der Waals surface area contributed by atoms with E-state index in [0.29, 0.717) is 35.4 Å². The van der Waals surface area contributed by atoms with Crippen LogP contribution in [0.3, 0.4) is 0 Å². The smallest absolute Gasteiger partial charge is 0.335 e. The second-order valence-electron chi connectivity index (χ2n) is 10.0. The molecule has 1 aliphatic carbocycles. The van der Waals surface area contributed by atoms with Crippen molar-refractivity contribution in [1.82, 2.24) is 9.55 Å². The molecule has 4 aromatic carbocycles. The number of hydrogen-bond donors (Lipinski definition) is 1. The molecule has 6 rings (SSSR count). The Morgan fingerprint density at radius 2 is 1.62 bits per heavy atom. The zero-order valence-electron chi connectivity index (χ0n) is 21.6. The third kappa shape index (κ3) is 5.29. The minimum Gasteiger partial charge on any atom is -0.492 e. The maximum Gasteiger partial charge on any atom is 0.335 e. The van der Waals surface area contributed by atoms with Crippen LogP contribution in [0.15, 0.2) is 91.0 Å². The van der Waals surface area contributed by atoms with E-state index in [1.54, 1.807) is 24.3 Å². The number of aromatic carboxylic acids is 1. The van der Waals surface area contributed by atoms with Crippen LogP contribution in [0.2, 0.25) is 5.02 Å². The van der Waals surface area contributed by atoms with E-state index in [4.69, 9.17) is 26.4 Å². The molecular weight excluding hydrogens is 522 g/mol. The first-order valence-corrected chi connectivity index (χ1v) is 13.6. The summed E-state index contributed by atoms with van der Waals surface area (Å²) in [7, 11) is 0. The van der Waals surface area contributed by atoms with Gasteiger partial charge in [-0.15, -0.1) is 0 Å². The topological polar surface area (TPSA) is 88.1 Å². The lowest BCUT2D eigenvalue weighted by atomic mass is 9.85. The van der Waals surface area contributed by atoms with Crippen molar-refractivity contribution in [3.05, 3.63) is 130 Å². The Balaban J connectivity index is 1.35. The third-order valence-electron chi connectivity index (χ3n) is 7.34. The molecule has 1 aliphatic rings. The molecule has 1 fully saturated rings. The largest absolute Gasteiger partial charge is 0.492 e. The van der Waals surface area contributed by atoms with Gasteiger partial charge < -0.3 is 14.4 Å². The van der Waals surface area contributed by atoms with Crippen molar-refractivity contribution in [3.8, 4) is 11.8 Å². The van der Waals surface area contributed by atoms with E-state index < -0.39 is 5.97 Å². The van der Waals surface area contributed by atoms with Gasteiger partial charge in [-0.2, -0.15) is 5.26 Å². The highest BCUT2D eigenvalue weighted by molar-refractivity contribution is 6.30. The van der Waals surface area contributed by atoms with Gasteiger partial charge in [0.1, 0.15) is 18.2 Å². The minimum absolute atomic E-state index is 0.0499. The highest BCUT2D eigenvalue weighted by atomic mass is 35.5. The zero-order chi connectivity index (χ0) is 27.6. The Labute approximate surface area is 237 Å². The molecule has 0 aliphatic heterocycles. The monoisotopic (exact) mass is 547 g/mol. The van der Waals surface area contributed by atoms with Gasteiger partial charge in [0, 0.05) is 16.9 Å². The number of hydrogen-bond acceptors (Lipinski definition) is 4. The number of carboxylic acid groups (broad SMARTS) is 1. The Bertz CT molecular complexity index is 1720. The molecule has 1 N–H and O–H groups in total. The summed E-state index contributed by atoms with van der Waals surface area (Å²) in [5, 5.41) is 19.1. The van der Waals surface area contributed by atoms with Gasteiger partial charge in [0.2, 0.25) is 0 Å². The Morgan fingerprint density at radius 1 is 0.975 bits per heavy atom. The maximum absolute atomic E-state index is 11.1. The number of benzene rings is 4. The fourth-order valence-corrected chi connectivity index (χ4v) is 5.28. The average Bonchev–Trinajstić information content (AvgIpc) is 3.76. The van der Waals surface area contributed by atoms with Crippen molar-refractivity contribution in [3.63, 3.8) is 0 Å². The number of rotatable bonds is 9. The van der Waals surface area contributed by atoms with Gasteiger partial charge in [-0.1, -0.05) is 41.9 Å². The van der Waals surface area contributed by atoms with Gasteiger partial charge in [0.15, 0.2) is 0 Å². The number of carbonyl (C=O) groups is 1.